The van der Waals surface area contributed by atoms with Gasteiger partial charge in [0.25, 0.3) is 0 Å². The Kier molecular flexibility index (Phi) is 47.0. The van der Waals surface area contributed by atoms with Crippen molar-refractivity contribution in [3.05, 3.63) is 97.2 Å². The normalized spacial score (nSPS) is 12.9. The molecule has 352 valence electrons. The van der Waals surface area contributed by atoms with Crippen molar-refractivity contribution in [1.82, 2.24) is 0 Å². The third-order valence-electron chi connectivity index (χ3n) is 10.4. The molecule has 0 aromatic heterocycles. The van der Waals surface area contributed by atoms with Crippen LogP contribution in [0.25, 0.3) is 0 Å². The highest BCUT2D eigenvalue weighted by Gasteiger charge is 2.19. The van der Waals surface area contributed by atoms with Crippen molar-refractivity contribution < 1.29 is 28.6 Å². The van der Waals surface area contributed by atoms with Crippen LogP contribution in [-0.2, 0) is 28.6 Å². The van der Waals surface area contributed by atoms with Gasteiger partial charge in [-0.15, -0.1) is 0 Å². The van der Waals surface area contributed by atoms with Crippen LogP contribution >= 0.6 is 0 Å². The molecule has 1 atom stereocenters. The molecule has 0 heterocycles. The lowest BCUT2D eigenvalue weighted by atomic mass is 10.1. The van der Waals surface area contributed by atoms with Gasteiger partial charge in [-0.1, -0.05) is 208 Å². The fourth-order valence-electron chi connectivity index (χ4n) is 6.61. The lowest BCUT2D eigenvalue weighted by molar-refractivity contribution is -0.167. The predicted octanol–water partition coefficient (Wildman–Crippen LogP) is 16.6. The Hall–Kier alpha value is -3.67. The lowest BCUT2D eigenvalue weighted by Crippen LogP contribution is -2.30. The molecule has 0 aromatic rings. The molecule has 0 saturated heterocycles. The number of allylic oxidation sites excluding steroid dienone is 16. The van der Waals surface area contributed by atoms with E-state index >= 15 is 0 Å². The number of esters is 3. The SMILES string of the molecule is CC/C=C/C=C/C=C/C=C/CCCCCC(=O)OCC(COC(=O)CCCCC/C=C/C=C/CCCCCCCCC)OC(=O)CCCCCCCC/C=C/C=C/CCCCC. The van der Waals surface area contributed by atoms with E-state index < -0.39 is 6.10 Å². The number of carbonyl (C=O) groups is 3. The summed E-state index contributed by atoms with van der Waals surface area (Å²) in [7, 11) is 0. The van der Waals surface area contributed by atoms with Gasteiger partial charge >= 0.3 is 17.9 Å². The first-order chi connectivity index (χ1) is 30.5. The molecule has 0 aliphatic heterocycles. The van der Waals surface area contributed by atoms with E-state index in [2.05, 4.69) is 81.5 Å². The van der Waals surface area contributed by atoms with Crippen LogP contribution in [0, 0.1) is 0 Å². The number of rotatable bonds is 44. The summed E-state index contributed by atoms with van der Waals surface area (Å²) in [5.74, 6) is -0.990. The van der Waals surface area contributed by atoms with Crippen molar-refractivity contribution in [1.29, 1.82) is 0 Å². The largest absolute Gasteiger partial charge is 0.462 e. The maximum atomic E-state index is 12.8. The van der Waals surface area contributed by atoms with Crippen LogP contribution in [0.4, 0.5) is 0 Å². The molecule has 0 radical (unpaired) electrons. The Balaban J connectivity index is 4.52. The molecular weight excluding hydrogens is 769 g/mol. The summed E-state index contributed by atoms with van der Waals surface area (Å²) in [6.45, 7) is 6.38. The third kappa shape index (κ3) is 47.4. The summed E-state index contributed by atoms with van der Waals surface area (Å²) in [5, 5.41) is 0. The maximum Gasteiger partial charge on any atom is 0.306 e. The van der Waals surface area contributed by atoms with Crippen LogP contribution in [0.1, 0.15) is 220 Å². The molecule has 0 aromatic carbocycles. The second-order valence-corrected chi connectivity index (χ2v) is 16.5. The minimum atomic E-state index is -0.811. The van der Waals surface area contributed by atoms with Gasteiger partial charge in [-0.2, -0.15) is 0 Å². The molecule has 62 heavy (non-hydrogen) atoms. The fraction of sp³-hybridized carbons (Fsp3) is 0.661. The van der Waals surface area contributed by atoms with E-state index in [1.807, 2.05) is 36.5 Å². The maximum absolute atomic E-state index is 12.8. The van der Waals surface area contributed by atoms with Gasteiger partial charge in [0.1, 0.15) is 13.2 Å². The van der Waals surface area contributed by atoms with Crippen LogP contribution in [0.2, 0.25) is 0 Å². The van der Waals surface area contributed by atoms with E-state index in [1.54, 1.807) is 0 Å². The van der Waals surface area contributed by atoms with E-state index in [-0.39, 0.29) is 31.1 Å². The van der Waals surface area contributed by atoms with Gasteiger partial charge < -0.3 is 14.2 Å². The second-order valence-electron chi connectivity index (χ2n) is 16.5. The zero-order valence-electron chi connectivity index (χ0n) is 40.1. The molecule has 0 fully saturated rings. The zero-order chi connectivity index (χ0) is 45.1. The quantitative estimate of drug-likeness (QED) is 0.0263. The van der Waals surface area contributed by atoms with Crippen molar-refractivity contribution in [2.24, 2.45) is 0 Å². The summed E-state index contributed by atoms with van der Waals surface area (Å²) in [6.07, 6.45) is 65.3. The molecule has 0 aliphatic rings. The third-order valence-corrected chi connectivity index (χ3v) is 10.4. The Labute approximate surface area is 381 Å². The second kappa shape index (κ2) is 50.0. The molecule has 0 spiro atoms. The van der Waals surface area contributed by atoms with E-state index in [9.17, 15) is 14.4 Å². The summed E-state index contributed by atoms with van der Waals surface area (Å²) < 4.78 is 16.7. The van der Waals surface area contributed by atoms with Gasteiger partial charge in [-0.05, 0) is 89.9 Å². The fourth-order valence-corrected chi connectivity index (χ4v) is 6.61. The molecule has 0 saturated carbocycles. The van der Waals surface area contributed by atoms with Gasteiger partial charge in [0.05, 0.1) is 0 Å². The predicted molar refractivity (Wildman–Crippen MR) is 265 cm³/mol. The first kappa shape index (κ1) is 58.3. The number of unbranched alkanes of at least 4 members (excludes halogenated alkanes) is 22. The number of hydrogen-bond donors (Lipinski definition) is 0. The van der Waals surface area contributed by atoms with Gasteiger partial charge in [0.2, 0.25) is 0 Å². The van der Waals surface area contributed by atoms with Crippen molar-refractivity contribution in [3.63, 3.8) is 0 Å². The minimum absolute atomic E-state index is 0.110. The average molecular weight is 861 g/mol. The molecule has 6 nitrogen and oxygen atoms in total. The molecular formula is C56H92O6. The van der Waals surface area contributed by atoms with E-state index in [4.69, 9.17) is 14.2 Å². The highest BCUT2D eigenvalue weighted by Crippen LogP contribution is 2.13. The van der Waals surface area contributed by atoms with Gasteiger partial charge in [-0.25, -0.2) is 0 Å². The minimum Gasteiger partial charge on any atom is -0.462 e. The highest BCUT2D eigenvalue weighted by molar-refractivity contribution is 5.71. The molecule has 6 heteroatoms. The summed E-state index contributed by atoms with van der Waals surface area (Å²) >= 11 is 0. The Bertz CT molecular complexity index is 1260. The summed E-state index contributed by atoms with van der Waals surface area (Å²) in [5.41, 5.74) is 0. The van der Waals surface area contributed by atoms with Crippen LogP contribution in [0.5, 0.6) is 0 Å². The molecule has 1 unspecified atom stereocenters. The molecule has 0 amide bonds. The zero-order valence-corrected chi connectivity index (χ0v) is 40.1. The van der Waals surface area contributed by atoms with E-state index in [0.717, 1.165) is 96.3 Å². The number of carbonyl (C=O) groups excluding carboxylic acids is 3. The molecule has 0 rings (SSSR count). The standard InChI is InChI=1S/C56H92O6/c1-4-7-10-13-16-19-22-25-27-29-31-34-37-40-43-46-49-55(58)61-52-53(51-60-54(57)48-45-42-39-36-33-30-24-21-18-15-12-9-6-3)62-56(59)50-47-44-41-38-35-32-28-26-23-20-17-14-11-8-5-2/h9,12,15,17-18,20-21,23-24,26-27,29-31,33-34,53H,4-8,10-11,13-14,16,19,22,25,28,32,35-52H2,1-3H3/b12-9+,18-15+,20-17+,24-21+,26-23+,29-27+,33-30+,34-31+. The Morgan fingerprint density at radius 1 is 0.339 bits per heavy atom. The van der Waals surface area contributed by atoms with Gasteiger partial charge in [0, 0.05) is 19.3 Å². The number of ether oxygens (including phenoxy) is 3. The smallest absolute Gasteiger partial charge is 0.306 e. The van der Waals surface area contributed by atoms with Gasteiger partial charge in [-0.3, -0.25) is 14.4 Å². The highest BCUT2D eigenvalue weighted by atomic mass is 16.6. The van der Waals surface area contributed by atoms with Crippen LogP contribution in [-0.4, -0.2) is 37.2 Å². The number of hydrogen-bond acceptors (Lipinski definition) is 6. The van der Waals surface area contributed by atoms with E-state index in [1.165, 1.54) is 83.5 Å². The molecule has 0 bridgehead atoms. The first-order valence-electron chi connectivity index (χ1n) is 25.3. The van der Waals surface area contributed by atoms with Gasteiger partial charge in [0.15, 0.2) is 6.10 Å². The first-order valence-corrected chi connectivity index (χ1v) is 25.3. The topological polar surface area (TPSA) is 78.9 Å². The summed E-state index contributed by atoms with van der Waals surface area (Å²) in [4.78, 5) is 37.9. The van der Waals surface area contributed by atoms with Crippen molar-refractivity contribution in [2.75, 3.05) is 13.2 Å². The lowest BCUT2D eigenvalue weighted by Gasteiger charge is -2.18. The van der Waals surface area contributed by atoms with Crippen LogP contribution < -0.4 is 0 Å². The molecule has 0 N–H and O–H groups in total. The molecule has 0 aliphatic carbocycles. The van der Waals surface area contributed by atoms with Crippen molar-refractivity contribution in [3.8, 4) is 0 Å². The summed E-state index contributed by atoms with van der Waals surface area (Å²) in [6, 6.07) is 0. The van der Waals surface area contributed by atoms with E-state index in [0.29, 0.717) is 19.3 Å². The van der Waals surface area contributed by atoms with Crippen LogP contribution in [0.3, 0.4) is 0 Å². The average Bonchev–Trinajstić information content (AvgIpc) is 3.27. The monoisotopic (exact) mass is 861 g/mol. The van der Waals surface area contributed by atoms with Crippen molar-refractivity contribution >= 4 is 17.9 Å². The van der Waals surface area contributed by atoms with Crippen LogP contribution in [0.15, 0.2) is 97.2 Å². The Morgan fingerprint density at radius 2 is 0.629 bits per heavy atom. The van der Waals surface area contributed by atoms with Crippen molar-refractivity contribution in [2.45, 2.75) is 226 Å². The Morgan fingerprint density at radius 3 is 1.05 bits per heavy atom.